The molecule has 100 valence electrons. The van der Waals surface area contributed by atoms with Crippen molar-refractivity contribution in [1.29, 1.82) is 0 Å². The lowest BCUT2D eigenvalue weighted by molar-refractivity contribution is 0.305. The van der Waals surface area contributed by atoms with Crippen molar-refractivity contribution in [1.82, 2.24) is 0 Å². The second-order valence-electron chi connectivity index (χ2n) is 5.61. The van der Waals surface area contributed by atoms with Crippen molar-refractivity contribution in [3.63, 3.8) is 0 Å². The summed E-state index contributed by atoms with van der Waals surface area (Å²) < 4.78 is 2.28. The fourth-order valence-electron chi connectivity index (χ4n) is 2.19. The molecule has 0 aromatic heterocycles. The molecule has 0 spiro atoms. The average molecular weight is 393 g/mol. The molecule has 4 heteroatoms. The van der Waals surface area contributed by atoms with E-state index in [1.54, 1.807) is 0 Å². The van der Waals surface area contributed by atoms with Crippen LogP contribution >= 0.6 is 43.6 Å². The fourth-order valence-corrected chi connectivity index (χ4v) is 5.44. The molecule has 0 saturated carbocycles. The maximum atomic E-state index is 3.72. The minimum atomic E-state index is 0.356. The molecule has 2 rings (SSSR count). The van der Waals surface area contributed by atoms with E-state index < -0.39 is 0 Å². The Bertz CT molecular complexity index is 422. The Morgan fingerprint density at radius 2 is 1.89 bits per heavy atom. The minimum absolute atomic E-state index is 0.356. The SMILES string of the molecule is Cc1cc(Br)c(NC2CSCCC2(C)C)c(Br)c1. The summed E-state index contributed by atoms with van der Waals surface area (Å²) in [5.74, 6) is 2.46. The largest absolute Gasteiger partial charge is 0.379 e. The molecular weight excluding hydrogens is 374 g/mol. The number of halogens is 2. The van der Waals surface area contributed by atoms with Gasteiger partial charge in [0.15, 0.2) is 0 Å². The second-order valence-corrected chi connectivity index (χ2v) is 8.47. The van der Waals surface area contributed by atoms with Crippen LogP contribution < -0.4 is 5.32 Å². The van der Waals surface area contributed by atoms with Gasteiger partial charge in [-0.3, -0.25) is 0 Å². The molecular formula is C14H19Br2NS. The van der Waals surface area contributed by atoms with Crippen molar-refractivity contribution in [3.8, 4) is 0 Å². The monoisotopic (exact) mass is 391 g/mol. The molecule has 1 nitrogen and oxygen atoms in total. The van der Waals surface area contributed by atoms with Gasteiger partial charge in [0.25, 0.3) is 0 Å². The molecule has 0 amide bonds. The highest BCUT2D eigenvalue weighted by molar-refractivity contribution is 9.11. The third kappa shape index (κ3) is 3.26. The molecule has 1 heterocycles. The Kier molecular flexibility index (Phi) is 4.71. The number of hydrogen-bond donors (Lipinski definition) is 1. The van der Waals surface area contributed by atoms with Gasteiger partial charge in [-0.2, -0.15) is 11.8 Å². The summed E-state index contributed by atoms with van der Waals surface area (Å²) in [7, 11) is 0. The van der Waals surface area contributed by atoms with Crippen molar-refractivity contribution in [3.05, 3.63) is 26.6 Å². The van der Waals surface area contributed by atoms with Crippen LogP contribution in [0.25, 0.3) is 0 Å². The molecule has 1 atom stereocenters. The highest BCUT2D eigenvalue weighted by atomic mass is 79.9. The molecule has 0 aliphatic carbocycles. The smallest absolute Gasteiger partial charge is 0.0631 e. The summed E-state index contributed by atoms with van der Waals surface area (Å²) >= 11 is 9.37. The molecule has 1 aromatic carbocycles. The average Bonchev–Trinajstić information content (AvgIpc) is 2.24. The summed E-state index contributed by atoms with van der Waals surface area (Å²) in [6, 6.07) is 4.85. The molecule has 1 aromatic rings. The first-order valence-corrected chi connectivity index (χ1v) is 8.94. The van der Waals surface area contributed by atoms with E-state index in [4.69, 9.17) is 0 Å². The lowest BCUT2D eigenvalue weighted by Gasteiger charge is -2.39. The summed E-state index contributed by atoms with van der Waals surface area (Å²) in [5.41, 5.74) is 2.80. The Hall–Kier alpha value is 0.330. The number of benzene rings is 1. The normalized spacial score (nSPS) is 22.8. The van der Waals surface area contributed by atoms with Crippen LogP contribution in [0.1, 0.15) is 25.8 Å². The van der Waals surface area contributed by atoms with Crippen molar-refractivity contribution >= 4 is 49.3 Å². The van der Waals surface area contributed by atoms with E-state index >= 15 is 0 Å². The molecule has 1 saturated heterocycles. The number of nitrogens with one attached hydrogen (secondary N) is 1. The van der Waals surface area contributed by atoms with Gasteiger partial charge < -0.3 is 5.32 Å². The van der Waals surface area contributed by atoms with Crippen molar-refractivity contribution in [2.75, 3.05) is 16.8 Å². The maximum absolute atomic E-state index is 3.72. The zero-order valence-corrected chi connectivity index (χ0v) is 15.0. The van der Waals surface area contributed by atoms with Crippen LogP contribution in [0.3, 0.4) is 0 Å². The van der Waals surface area contributed by atoms with E-state index in [1.807, 2.05) is 11.8 Å². The standard InChI is InChI=1S/C14H19Br2NS/c1-9-6-10(15)13(11(16)7-9)17-12-8-18-5-4-14(12,2)3/h6-7,12,17H,4-5,8H2,1-3H3. The van der Waals surface area contributed by atoms with Gasteiger partial charge in [0, 0.05) is 20.7 Å². The van der Waals surface area contributed by atoms with Gasteiger partial charge in [-0.15, -0.1) is 0 Å². The molecule has 1 N–H and O–H groups in total. The van der Waals surface area contributed by atoms with E-state index in [-0.39, 0.29) is 0 Å². The molecule has 0 bridgehead atoms. The Morgan fingerprint density at radius 1 is 1.28 bits per heavy atom. The number of hydrogen-bond acceptors (Lipinski definition) is 2. The van der Waals surface area contributed by atoms with E-state index in [9.17, 15) is 0 Å². The highest BCUT2D eigenvalue weighted by Crippen LogP contribution is 2.39. The number of thioether (sulfide) groups is 1. The van der Waals surface area contributed by atoms with Crippen molar-refractivity contribution in [2.45, 2.75) is 33.2 Å². The van der Waals surface area contributed by atoms with E-state index in [0.717, 1.165) is 8.95 Å². The van der Waals surface area contributed by atoms with Crippen molar-refractivity contribution in [2.24, 2.45) is 5.41 Å². The Balaban J connectivity index is 2.23. The van der Waals surface area contributed by atoms with Gasteiger partial charge in [0.2, 0.25) is 0 Å². The van der Waals surface area contributed by atoms with Crippen LogP contribution in [0.2, 0.25) is 0 Å². The van der Waals surface area contributed by atoms with Crippen LogP contribution in [0.15, 0.2) is 21.1 Å². The highest BCUT2D eigenvalue weighted by Gasteiger charge is 2.33. The first kappa shape index (κ1) is 14.7. The summed E-state index contributed by atoms with van der Waals surface area (Å²) in [4.78, 5) is 0. The topological polar surface area (TPSA) is 12.0 Å². The zero-order chi connectivity index (χ0) is 13.3. The quantitative estimate of drug-likeness (QED) is 0.716. The zero-order valence-electron chi connectivity index (χ0n) is 11.0. The lowest BCUT2D eigenvalue weighted by atomic mass is 9.82. The number of rotatable bonds is 2. The molecule has 1 aliphatic heterocycles. The van der Waals surface area contributed by atoms with Gasteiger partial charge in [0.1, 0.15) is 0 Å². The lowest BCUT2D eigenvalue weighted by Crippen LogP contribution is -2.41. The third-order valence-electron chi connectivity index (χ3n) is 3.62. The maximum Gasteiger partial charge on any atom is 0.0631 e. The van der Waals surface area contributed by atoms with Gasteiger partial charge in [-0.1, -0.05) is 13.8 Å². The number of anilines is 1. The summed E-state index contributed by atoms with van der Waals surface area (Å²) in [6.07, 6.45) is 1.27. The molecule has 0 radical (unpaired) electrons. The second kappa shape index (κ2) is 5.76. The summed E-state index contributed by atoms with van der Waals surface area (Å²) in [6.45, 7) is 6.83. The predicted octanol–water partition coefficient (Wildman–Crippen LogP) is 5.46. The van der Waals surface area contributed by atoms with E-state index in [2.05, 4.69) is 70.1 Å². The van der Waals surface area contributed by atoms with E-state index in [1.165, 1.54) is 29.2 Å². The van der Waals surface area contributed by atoms with Crippen LogP contribution in [-0.2, 0) is 0 Å². The van der Waals surface area contributed by atoms with Crippen LogP contribution in [0, 0.1) is 12.3 Å². The van der Waals surface area contributed by atoms with E-state index in [0.29, 0.717) is 11.5 Å². The van der Waals surface area contributed by atoms with Gasteiger partial charge in [-0.05, 0) is 74.1 Å². The predicted molar refractivity (Wildman–Crippen MR) is 89.7 cm³/mol. The van der Waals surface area contributed by atoms with Gasteiger partial charge in [0.05, 0.1) is 5.69 Å². The fraction of sp³-hybridized carbons (Fsp3) is 0.571. The Morgan fingerprint density at radius 3 is 2.44 bits per heavy atom. The first-order chi connectivity index (χ1) is 8.40. The van der Waals surface area contributed by atoms with Crippen molar-refractivity contribution < 1.29 is 0 Å². The summed E-state index contributed by atoms with van der Waals surface area (Å²) in [5, 5.41) is 3.72. The van der Waals surface area contributed by atoms with Crippen LogP contribution in [0.5, 0.6) is 0 Å². The molecule has 1 aliphatic rings. The molecule has 18 heavy (non-hydrogen) atoms. The first-order valence-electron chi connectivity index (χ1n) is 6.20. The molecule has 1 unspecified atom stereocenters. The van der Waals surface area contributed by atoms with Gasteiger partial charge >= 0.3 is 0 Å². The minimum Gasteiger partial charge on any atom is -0.379 e. The van der Waals surface area contributed by atoms with Gasteiger partial charge in [-0.25, -0.2) is 0 Å². The number of aryl methyl sites for hydroxylation is 1. The third-order valence-corrected chi connectivity index (χ3v) is 5.94. The van der Waals surface area contributed by atoms with Crippen LogP contribution in [-0.4, -0.2) is 17.5 Å². The Labute approximate surface area is 131 Å². The molecule has 1 fully saturated rings. The van der Waals surface area contributed by atoms with Crippen LogP contribution in [0.4, 0.5) is 5.69 Å².